The fraction of sp³-hybridized carbons (Fsp3) is 0.143. The molecule has 1 aromatic heterocycles. The summed E-state index contributed by atoms with van der Waals surface area (Å²) in [5.74, 6) is 1.03. The van der Waals surface area contributed by atoms with Gasteiger partial charge < -0.3 is 9.47 Å². The van der Waals surface area contributed by atoms with Crippen molar-refractivity contribution < 1.29 is 22.6 Å². The molecule has 0 unspecified atom stereocenters. The number of pyridine rings is 1. The van der Waals surface area contributed by atoms with Crippen LogP contribution in [0.2, 0.25) is 10.0 Å². The van der Waals surface area contributed by atoms with Crippen molar-refractivity contribution in [2.75, 3.05) is 12.5 Å². The summed E-state index contributed by atoms with van der Waals surface area (Å²) >= 11 is 11.7. The molecule has 3 aromatic rings. The maximum Gasteiger partial charge on any atom is 0.417 e. The third-order valence-corrected chi connectivity index (χ3v) is 4.59. The van der Waals surface area contributed by atoms with Gasteiger partial charge in [-0.2, -0.15) is 18.3 Å². The van der Waals surface area contributed by atoms with Crippen molar-refractivity contribution in [1.82, 2.24) is 4.98 Å². The van der Waals surface area contributed by atoms with Crippen molar-refractivity contribution in [3.63, 3.8) is 0 Å². The van der Waals surface area contributed by atoms with E-state index in [1.54, 1.807) is 30.3 Å². The largest absolute Gasteiger partial charge is 0.493 e. The Morgan fingerprint density at radius 1 is 1.06 bits per heavy atom. The van der Waals surface area contributed by atoms with Gasteiger partial charge in [-0.05, 0) is 47.5 Å². The smallest absolute Gasteiger partial charge is 0.417 e. The van der Waals surface area contributed by atoms with Crippen LogP contribution in [0.1, 0.15) is 16.7 Å². The van der Waals surface area contributed by atoms with Crippen molar-refractivity contribution in [2.45, 2.75) is 12.8 Å². The van der Waals surface area contributed by atoms with E-state index in [1.807, 2.05) is 12.1 Å². The van der Waals surface area contributed by atoms with Crippen LogP contribution in [-0.4, -0.2) is 18.3 Å². The number of nitrogens with zero attached hydrogens (tertiary/aromatic N) is 2. The topological polar surface area (TPSA) is 55.7 Å². The number of nitrogens with one attached hydrogen (secondary N) is 1. The van der Waals surface area contributed by atoms with Gasteiger partial charge in [-0.1, -0.05) is 35.3 Å². The lowest BCUT2D eigenvalue weighted by Gasteiger charge is -2.11. The van der Waals surface area contributed by atoms with Crippen LogP contribution in [0.4, 0.5) is 19.0 Å². The van der Waals surface area contributed by atoms with Gasteiger partial charge in [0, 0.05) is 11.2 Å². The van der Waals surface area contributed by atoms with Crippen LogP contribution >= 0.6 is 23.2 Å². The average Bonchev–Trinajstić information content (AvgIpc) is 2.74. The number of anilines is 1. The summed E-state index contributed by atoms with van der Waals surface area (Å²) in [5, 5.41) is 4.41. The summed E-state index contributed by atoms with van der Waals surface area (Å²) in [6, 6.07) is 13.2. The Labute approximate surface area is 186 Å². The Morgan fingerprint density at radius 3 is 2.45 bits per heavy atom. The maximum atomic E-state index is 12.7. The highest BCUT2D eigenvalue weighted by Gasteiger charge is 2.31. The third kappa shape index (κ3) is 6.26. The molecule has 31 heavy (non-hydrogen) atoms. The minimum Gasteiger partial charge on any atom is -0.493 e. The van der Waals surface area contributed by atoms with E-state index in [0.29, 0.717) is 34.9 Å². The average molecular weight is 470 g/mol. The summed E-state index contributed by atoms with van der Waals surface area (Å²) in [6.07, 6.45) is -2.40. The zero-order valence-electron chi connectivity index (χ0n) is 16.1. The molecule has 5 nitrogen and oxygen atoms in total. The molecule has 162 valence electrons. The van der Waals surface area contributed by atoms with Crippen LogP contribution < -0.4 is 14.9 Å². The molecule has 3 rings (SSSR count). The van der Waals surface area contributed by atoms with Crippen LogP contribution in [0.15, 0.2) is 59.8 Å². The van der Waals surface area contributed by atoms with Gasteiger partial charge in [0.2, 0.25) is 0 Å². The summed E-state index contributed by atoms with van der Waals surface area (Å²) < 4.78 is 49.1. The van der Waals surface area contributed by atoms with Gasteiger partial charge in [0.25, 0.3) is 0 Å². The molecular formula is C21H16Cl2F3N3O2. The lowest BCUT2D eigenvalue weighted by atomic mass is 10.2. The highest BCUT2D eigenvalue weighted by molar-refractivity contribution is 6.33. The molecule has 0 bridgehead atoms. The number of halogens is 5. The summed E-state index contributed by atoms with van der Waals surface area (Å²) in [7, 11) is 1.51. The number of hydrazone groups is 1. The van der Waals surface area contributed by atoms with Gasteiger partial charge in [0.15, 0.2) is 17.3 Å². The lowest BCUT2D eigenvalue weighted by Crippen LogP contribution is -2.06. The minimum absolute atomic E-state index is 0.000740. The SMILES string of the molecule is COc1cc(/C=N/Nc2ncc(C(F)(F)F)cc2Cl)ccc1OCc1ccc(Cl)cc1. The van der Waals surface area contributed by atoms with E-state index in [4.69, 9.17) is 32.7 Å². The molecule has 0 saturated carbocycles. The number of aromatic nitrogens is 1. The van der Waals surface area contributed by atoms with Crippen molar-refractivity contribution >= 4 is 35.2 Å². The molecule has 0 aliphatic rings. The molecule has 0 spiro atoms. The predicted octanol–water partition coefficient (Wildman–Crippen LogP) is 6.44. The maximum absolute atomic E-state index is 12.7. The Balaban J connectivity index is 1.65. The number of rotatable bonds is 7. The highest BCUT2D eigenvalue weighted by atomic mass is 35.5. The first kappa shape index (κ1) is 22.7. The van der Waals surface area contributed by atoms with Crippen LogP contribution in [0.25, 0.3) is 0 Å². The van der Waals surface area contributed by atoms with E-state index in [0.717, 1.165) is 11.6 Å². The first-order valence-corrected chi connectivity index (χ1v) is 9.59. The fourth-order valence-electron chi connectivity index (χ4n) is 2.47. The van der Waals surface area contributed by atoms with Crippen molar-refractivity contribution in [3.8, 4) is 11.5 Å². The molecule has 2 aromatic carbocycles. The number of benzene rings is 2. The molecule has 0 saturated heterocycles. The molecule has 1 N–H and O–H groups in total. The Bertz CT molecular complexity index is 1070. The van der Waals surface area contributed by atoms with Crippen molar-refractivity contribution in [2.24, 2.45) is 5.10 Å². The van der Waals surface area contributed by atoms with Gasteiger partial charge in [0.05, 0.1) is 23.9 Å². The van der Waals surface area contributed by atoms with Crippen LogP contribution in [0.3, 0.4) is 0 Å². The quantitative estimate of drug-likeness (QED) is 0.319. The molecule has 0 atom stereocenters. The van der Waals surface area contributed by atoms with E-state index < -0.39 is 11.7 Å². The highest BCUT2D eigenvalue weighted by Crippen LogP contribution is 2.32. The van der Waals surface area contributed by atoms with E-state index in [2.05, 4.69) is 15.5 Å². The number of ether oxygens (including phenoxy) is 2. The van der Waals surface area contributed by atoms with Gasteiger partial charge >= 0.3 is 6.18 Å². The standard InChI is InChI=1S/C21H16Cl2F3N3O2/c1-30-19-8-14(4-7-18(19)31-12-13-2-5-16(22)6-3-13)10-28-29-20-17(23)9-15(11-27-20)21(24,25)26/h2-11H,12H2,1H3,(H,27,29)/b28-10+. The van der Waals surface area contributed by atoms with Crippen LogP contribution in [0, 0.1) is 0 Å². The molecule has 0 amide bonds. The van der Waals surface area contributed by atoms with E-state index in [-0.39, 0.29) is 10.8 Å². The first-order chi connectivity index (χ1) is 14.8. The van der Waals surface area contributed by atoms with Crippen molar-refractivity contribution in [3.05, 3.63) is 81.5 Å². The van der Waals surface area contributed by atoms with Crippen LogP contribution in [-0.2, 0) is 12.8 Å². The molecule has 0 fully saturated rings. The third-order valence-electron chi connectivity index (χ3n) is 4.05. The lowest BCUT2D eigenvalue weighted by molar-refractivity contribution is -0.137. The number of alkyl halides is 3. The second kappa shape index (κ2) is 9.89. The first-order valence-electron chi connectivity index (χ1n) is 8.83. The van der Waals surface area contributed by atoms with E-state index in [1.165, 1.54) is 13.3 Å². The van der Waals surface area contributed by atoms with Crippen LogP contribution in [0.5, 0.6) is 11.5 Å². The Hall–Kier alpha value is -2.97. The normalized spacial score (nSPS) is 11.5. The Morgan fingerprint density at radius 2 is 1.81 bits per heavy atom. The predicted molar refractivity (Wildman–Crippen MR) is 114 cm³/mol. The van der Waals surface area contributed by atoms with E-state index in [9.17, 15) is 13.2 Å². The van der Waals surface area contributed by atoms with Gasteiger partial charge in [0.1, 0.15) is 6.61 Å². The molecule has 0 aliphatic heterocycles. The van der Waals surface area contributed by atoms with Crippen molar-refractivity contribution in [1.29, 1.82) is 0 Å². The second-order valence-electron chi connectivity index (χ2n) is 6.25. The zero-order chi connectivity index (χ0) is 22.4. The summed E-state index contributed by atoms with van der Waals surface area (Å²) in [4.78, 5) is 3.65. The fourth-order valence-corrected chi connectivity index (χ4v) is 2.80. The van der Waals surface area contributed by atoms with Gasteiger partial charge in [-0.3, -0.25) is 5.43 Å². The number of methoxy groups -OCH3 is 1. The zero-order valence-corrected chi connectivity index (χ0v) is 17.6. The number of hydrogen-bond acceptors (Lipinski definition) is 5. The molecule has 0 radical (unpaired) electrons. The molecule has 0 aliphatic carbocycles. The van der Waals surface area contributed by atoms with Gasteiger partial charge in [-0.25, -0.2) is 4.98 Å². The van der Waals surface area contributed by atoms with E-state index >= 15 is 0 Å². The summed E-state index contributed by atoms with van der Waals surface area (Å²) in [5.41, 5.74) is 3.19. The Kier molecular flexibility index (Phi) is 7.25. The molecular weight excluding hydrogens is 454 g/mol. The summed E-state index contributed by atoms with van der Waals surface area (Å²) in [6.45, 7) is 0.334. The second-order valence-corrected chi connectivity index (χ2v) is 7.09. The molecule has 1 heterocycles. The monoisotopic (exact) mass is 469 g/mol. The molecule has 10 heteroatoms. The minimum atomic E-state index is -4.52. The van der Waals surface area contributed by atoms with Gasteiger partial charge in [-0.15, -0.1) is 0 Å². The number of hydrogen-bond donors (Lipinski definition) is 1.